The van der Waals surface area contributed by atoms with Gasteiger partial charge in [-0.25, -0.2) is 13.4 Å². The fraction of sp³-hybridized carbons (Fsp3) is 0.286. The molecule has 4 heterocycles. The molecule has 1 aromatic carbocycles. The zero-order chi connectivity index (χ0) is 21.6. The lowest BCUT2D eigenvalue weighted by Crippen LogP contribution is -2.41. The number of pyridine rings is 1. The Morgan fingerprint density at radius 1 is 1.16 bits per heavy atom. The molecule has 8 nitrogen and oxygen atoms in total. The Bertz CT molecular complexity index is 1390. The highest BCUT2D eigenvalue weighted by Crippen LogP contribution is 2.27. The van der Waals surface area contributed by atoms with E-state index in [2.05, 4.69) is 21.0 Å². The highest BCUT2D eigenvalue weighted by Gasteiger charge is 2.24. The molecule has 1 aliphatic heterocycles. The number of nitrogens with two attached hydrogens (primary N) is 1. The van der Waals surface area contributed by atoms with Crippen LogP contribution >= 0.6 is 0 Å². The minimum absolute atomic E-state index is 0.187. The lowest BCUT2D eigenvalue weighted by atomic mass is 9.72. The minimum Gasteiger partial charge on any atom is -0.384 e. The predicted octanol–water partition coefficient (Wildman–Crippen LogP) is 0.867. The quantitative estimate of drug-likeness (QED) is 0.475. The first-order valence-corrected chi connectivity index (χ1v) is 12.2. The summed E-state index contributed by atoms with van der Waals surface area (Å²) in [7, 11) is -2.20. The first-order valence-electron chi connectivity index (χ1n) is 10.4. The summed E-state index contributed by atoms with van der Waals surface area (Å²) in [6, 6.07) is 10.1. The van der Waals surface area contributed by atoms with Crippen LogP contribution in [0.25, 0.3) is 27.7 Å². The molecule has 0 atom stereocenters. The van der Waals surface area contributed by atoms with E-state index in [1.54, 1.807) is 10.7 Å². The molecule has 0 radical (unpaired) electrons. The Balaban J connectivity index is 1.58. The van der Waals surface area contributed by atoms with Crippen LogP contribution in [0.3, 0.4) is 0 Å². The molecule has 0 aliphatic carbocycles. The summed E-state index contributed by atoms with van der Waals surface area (Å²) < 4.78 is 25.2. The van der Waals surface area contributed by atoms with E-state index >= 15 is 0 Å². The lowest BCUT2D eigenvalue weighted by molar-refractivity contribution is 0.285. The summed E-state index contributed by atoms with van der Waals surface area (Å²) in [6.07, 6.45) is 3.61. The van der Waals surface area contributed by atoms with E-state index in [-0.39, 0.29) is 11.5 Å². The molecule has 31 heavy (non-hydrogen) atoms. The average Bonchev–Trinajstić information content (AvgIpc) is 3.19. The van der Waals surface area contributed by atoms with Gasteiger partial charge in [0, 0.05) is 42.3 Å². The number of hydrogen-bond acceptors (Lipinski definition) is 7. The maximum Gasteiger partial charge on any atom is 0.165 e. The van der Waals surface area contributed by atoms with Crippen LogP contribution in [0.1, 0.15) is 5.69 Å². The molecule has 0 bridgehead atoms. The zero-order valence-electron chi connectivity index (χ0n) is 17.3. The van der Waals surface area contributed by atoms with Crippen molar-refractivity contribution in [1.82, 2.24) is 24.5 Å². The number of fused-ring (bicyclic) bond motifs is 2. The molecule has 2 N–H and O–H groups in total. The van der Waals surface area contributed by atoms with Crippen molar-refractivity contribution in [2.45, 2.75) is 13.4 Å². The number of para-hydroxylation sites is 1. The van der Waals surface area contributed by atoms with Crippen molar-refractivity contribution in [3.05, 3.63) is 48.4 Å². The van der Waals surface area contributed by atoms with Crippen LogP contribution in [0, 0.1) is 0 Å². The van der Waals surface area contributed by atoms with Crippen LogP contribution in [0.15, 0.2) is 42.7 Å². The molecule has 0 saturated carbocycles. The topological polar surface area (TPSA) is 106 Å². The van der Waals surface area contributed by atoms with Crippen LogP contribution in [-0.4, -0.2) is 64.8 Å². The second kappa shape index (κ2) is 7.62. The third-order valence-corrected chi connectivity index (χ3v) is 7.55. The molecule has 158 valence electrons. The van der Waals surface area contributed by atoms with Gasteiger partial charge in [-0.05, 0) is 17.6 Å². The zero-order valence-corrected chi connectivity index (χ0v) is 18.1. The molecule has 1 saturated heterocycles. The first kappa shape index (κ1) is 20.0. The van der Waals surface area contributed by atoms with E-state index in [1.165, 1.54) is 0 Å². The Morgan fingerprint density at radius 2 is 1.94 bits per heavy atom. The Labute approximate surface area is 181 Å². The van der Waals surface area contributed by atoms with Crippen LogP contribution in [0.4, 0.5) is 5.82 Å². The largest absolute Gasteiger partial charge is 0.384 e. The molecule has 3 aromatic heterocycles. The Hall–Kier alpha value is -2.98. The molecule has 1 aliphatic rings. The first-order chi connectivity index (χ1) is 14.9. The van der Waals surface area contributed by atoms with Gasteiger partial charge in [-0.15, -0.1) is 0 Å². The van der Waals surface area contributed by atoms with E-state index < -0.39 is 9.84 Å². The van der Waals surface area contributed by atoms with Crippen molar-refractivity contribution in [1.29, 1.82) is 0 Å². The van der Waals surface area contributed by atoms with Gasteiger partial charge in [0.2, 0.25) is 0 Å². The third-order valence-electron chi connectivity index (χ3n) is 5.94. The number of benzene rings is 1. The lowest BCUT2D eigenvalue weighted by Gasteiger charge is -2.27. The van der Waals surface area contributed by atoms with Crippen LogP contribution < -0.4 is 11.2 Å². The van der Waals surface area contributed by atoms with Gasteiger partial charge in [-0.3, -0.25) is 9.88 Å². The molecule has 0 unspecified atom stereocenters. The van der Waals surface area contributed by atoms with E-state index in [0.717, 1.165) is 40.5 Å². The molecular formula is C21H23BN6O2S. The smallest absolute Gasteiger partial charge is 0.165 e. The maximum absolute atomic E-state index is 11.8. The number of hydrogen-bond donors (Lipinski definition) is 1. The maximum atomic E-state index is 11.8. The van der Waals surface area contributed by atoms with Gasteiger partial charge in [0.25, 0.3) is 0 Å². The third kappa shape index (κ3) is 3.66. The minimum atomic E-state index is -2.93. The van der Waals surface area contributed by atoms with E-state index in [9.17, 15) is 8.42 Å². The van der Waals surface area contributed by atoms with E-state index in [4.69, 9.17) is 10.7 Å². The van der Waals surface area contributed by atoms with Crippen molar-refractivity contribution < 1.29 is 8.42 Å². The van der Waals surface area contributed by atoms with Gasteiger partial charge < -0.3 is 5.73 Å². The molecule has 0 amide bonds. The number of aromatic nitrogens is 4. The highest BCUT2D eigenvalue weighted by molar-refractivity contribution is 7.91. The summed E-state index contributed by atoms with van der Waals surface area (Å²) in [5.41, 5.74) is 11.7. The Morgan fingerprint density at radius 3 is 2.71 bits per heavy atom. The second-order valence-corrected chi connectivity index (χ2v) is 10.2. The van der Waals surface area contributed by atoms with Crippen molar-refractivity contribution >= 4 is 44.9 Å². The van der Waals surface area contributed by atoms with Crippen molar-refractivity contribution in [2.24, 2.45) is 0 Å². The predicted molar refractivity (Wildman–Crippen MR) is 125 cm³/mol. The van der Waals surface area contributed by atoms with Gasteiger partial charge in [-0.2, -0.15) is 9.61 Å². The van der Waals surface area contributed by atoms with E-state index in [1.807, 2.05) is 37.3 Å². The average molecular weight is 434 g/mol. The summed E-state index contributed by atoms with van der Waals surface area (Å²) in [6.45, 7) is 3.64. The fourth-order valence-corrected chi connectivity index (χ4v) is 5.43. The van der Waals surface area contributed by atoms with Crippen molar-refractivity contribution in [2.75, 3.05) is 30.3 Å². The fourth-order valence-electron chi connectivity index (χ4n) is 4.15. The molecule has 5 rings (SSSR count). The van der Waals surface area contributed by atoms with Crippen LogP contribution in [-0.2, 0) is 16.4 Å². The highest BCUT2D eigenvalue weighted by atomic mass is 32.2. The van der Waals surface area contributed by atoms with Gasteiger partial charge in [0.15, 0.2) is 22.8 Å². The monoisotopic (exact) mass is 434 g/mol. The van der Waals surface area contributed by atoms with Crippen molar-refractivity contribution in [3.8, 4) is 11.1 Å². The number of rotatable bonds is 4. The van der Waals surface area contributed by atoms with Crippen molar-refractivity contribution in [3.63, 3.8) is 0 Å². The molecular weight excluding hydrogens is 411 g/mol. The molecule has 4 aromatic rings. The number of nitrogens with zero attached hydrogens (tertiary/aromatic N) is 5. The summed E-state index contributed by atoms with van der Waals surface area (Å²) in [5.74, 6) is 0.951. The van der Waals surface area contributed by atoms with Gasteiger partial charge in [-0.1, -0.05) is 25.0 Å². The number of anilines is 1. The summed E-state index contributed by atoms with van der Waals surface area (Å²) in [4.78, 5) is 11.7. The normalized spacial score (nSPS) is 16.7. The van der Waals surface area contributed by atoms with Gasteiger partial charge >= 0.3 is 0 Å². The molecule has 1 fully saturated rings. The Kier molecular flexibility index (Phi) is 4.90. The van der Waals surface area contributed by atoms with E-state index in [0.29, 0.717) is 31.1 Å². The number of nitrogen functional groups attached to an aromatic ring is 1. The standard InChI is InChI=1S/C21H23BN6O2S/c1-22-19-18(13-27-6-8-31(29,30)9-7-27)26-21-16(12-25-28(21)20(19)23)15-10-14-4-2-3-5-17(14)24-11-15/h2-5,10-12,22H,6-9,13,23H2,1H3. The molecule has 0 spiro atoms. The van der Waals surface area contributed by atoms with Gasteiger partial charge in [0.05, 0.1) is 28.9 Å². The SMILES string of the molecule is CBc1c(CN2CCS(=O)(=O)CC2)nc2c(-c3cnc4ccccc4c3)cnn2c1N. The van der Waals surface area contributed by atoms with Crippen LogP contribution in [0.5, 0.6) is 0 Å². The summed E-state index contributed by atoms with van der Waals surface area (Å²) >= 11 is 0. The molecule has 10 heteroatoms. The summed E-state index contributed by atoms with van der Waals surface area (Å²) in [5, 5.41) is 5.55. The second-order valence-electron chi connectivity index (χ2n) is 7.91. The van der Waals surface area contributed by atoms with Gasteiger partial charge in [0.1, 0.15) is 5.82 Å². The number of sulfone groups is 1. The van der Waals surface area contributed by atoms with Crippen LogP contribution in [0.2, 0.25) is 6.82 Å².